The van der Waals surface area contributed by atoms with Crippen molar-refractivity contribution in [1.29, 1.82) is 0 Å². The Morgan fingerprint density at radius 3 is 2.68 bits per heavy atom. The van der Waals surface area contributed by atoms with Gasteiger partial charge in [-0.2, -0.15) is 0 Å². The Kier molecular flexibility index (Phi) is 6.30. The van der Waals surface area contributed by atoms with Crippen LogP contribution in [-0.4, -0.2) is 24.4 Å². The second-order valence-electron chi connectivity index (χ2n) is 7.27. The fourth-order valence-electron chi connectivity index (χ4n) is 3.34. The zero-order valence-corrected chi connectivity index (χ0v) is 17.1. The van der Waals surface area contributed by atoms with Crippen LogP contribution in [-0.2, 0) is 11.2 Å². The van der Waals surface area contributed by atoms with Gasteiger partial charge in [0.2, 0.25) is 0 Å². The molecule has 0 aliphatic rings. The summed E-state index contributed by atoms with van der Waals surface area (Å²) in [7, 11) is 2.06. The number of aryl methyl sites for hydroxylation is 2. The molecule has 4 heteroatoms. The van der Waals surface area contributed by atoms with E-state index < -0.39 is 0 Å². The molecule has 4 nitrogen and oxygen atoms in total. The van der Waals surface area contributed by atoms with E-state index in [-0.39, 0.29) is 6.04 Å². The number of rotatable bonds is 8. The Balaban J connectivity index is 1.94. The zero-order valence-electron chi connectivity index (χ0n) is 17.1. The van der Waals surface area contributed by atoms with Crippen LogP contribution in [0.5, 0.6) is 11.5 Å². The number of ether oxygens (including phenoxy) is 1. The van der Waals surface area contributed by atoms with Crippen molar-refractivity contribution >= 4 is 22.9 Å². The number of nitrogens with zero attached hydrogens (tertiary/aromatic N) is 2. The van der Waals surface area contributed by atoms with E-state index in [1.54, 1.807) is 6.20 Å². The maximum Gasteiger partial charge on any atom is 0.138 e. The largest absolute Gasteiger partial charge is 0.456 e. The first-order valence-corrected chi connectivity index (χ1v) is 9.86. The minimum absolute atomic E-state index is 0.271. The number of benzene rings is 2. The molecule has 1 unspecified atom stereocenters. The van der Waals surface area contributed by atoms with Gasteiger partial charge in [0.05, 0.1) is 5.52 Å². The lowest BCUT2D eigenvalue weighted by Gasteiger charge is -2.27. The molecule has 0 bridgehead atoms. The molecule has 3 rings (SSSR count). The van der Waals surface area contributed by atoms with Gasteiger partial charge in [-0.25, -0.2) is 0 Å². The predicted molar refractivity (Wildman–Crippen MR) is 116 cm³/mol. The van der Waals surface area contributed by atoms with Crippen LogP contribution in [0.15, 0.2) is 48.7 Å². The number of pyridine rings is 1. The molecule has 1 aromatic heterocycles. The van der Waals surface area contributed by atoms with E-state index in [0.717, 1.165) is 52.8 Å². The van der Waals surface area contributed by atoms with Crippen LogP contribution >= 0.6 is 0 Å². The second kappa shape index (κ2) is 8.87. The van der Waals surface area contributed by atoms with Gasteiger partial charge >= 0.3 is 0 Å². The maximum atomic E-state index is 10.7. The highest BCUT2D eigenvalue weighted by molar-refractivity contribution is 5.88. The average Bonchev–Trinajstić information content (AvgIpc) is 2.72. The van der Waals surface area contributed by atoms with Crippen molar-refractivity contribution in [1.82, 2.24) is 4.98 Å². The van der Waals surface area contributed by atoms with Gasteiger partial charge in [0.1, 0.15) is 17.8 Å². The molecule has 0 N–H and O–H groups in total. The molecule has 2 aromatic carbocycles. The van der Waals surface area contributed by atoms with Crippen molar-refractivity contribution in [2.45, 2.75) is 46.1 Å². The van der Waals surface area contributed by atoms with Crippen LogP contribution in [0.4, 0.5) is 5.69 Å². The summed E-state index contributed by atoms with van der Waals surface area (Å²) < 4.78 is 6.28. The number of hydrogen-bond acceptors (Lipinski definition) is 4. The van der Waals surface area contributed by atoms with E-state index in [9.17, 15) is 4.79 Å². The number of aromatic nitrogens is 1. The normalized spacial score (nSPS) is 12.0. The van der Waals surface area contributed by atoms with Gasteiger partial charge in [-0.05, 0) is 68.1 Å². The van der Waals surface area contributed by atoms with Crippen molar-refractivity contribution in [3.05, 3.63) is 59.8 Å². The summed E-state index contributed by atoms with van der Waals surface area (Å²) in [5.74, 6) is 1.66. The smallest absolute Gasteiger partial charge is 0.138 e. The molecule has 0 aliphatic heterocycles. The van der Waals surface area contributed by atoms with Crippen molar-refractivity contribution in [2.75, 3.05) is 11.9 Å². The van der Waals surface area contributed by atoms with Gasteiger partial charge in [0.15, 0.2) is 0 Å². The summed E-state index contributed by atoms with van der Waals surface area (Å²) in [6.07, 6.45) is 5.17. The molecule has 0 radical (unpaired) electrons. The van der Waals surface area contributed by atoms with Gasteiger partial charge in [0, 0.05) is 36.8 Å². The Morgan fingerprint density at radius 2 is 1.96 bits per heavy atom. The predicted octanol–water partition coefficient (Wildman–Crippen LogP) is 5.70. The van der Waals surface area contributed by atoms with Crippen LogP contribution in [0.1, 0.15) is 37.8 Å². The molecule has 0 aliphatic carbocycles. The zero-order chi connectivity index (χ0) is 20.1. The third kappa shape index (κ3) is 4.33. The summed E-state index contributed by atoms with van der Waals surface area (Å²) in [4.78, 5) is 17.4. The SMILES string of the molecule is CCc1ccc(Oc2ccnc3ccc(N(C)C(C)CCC=O)cc23)c(C)c1. The molecular formula is C24H28N2O2. The molecule has 0 saturated carbocycles. The fraction of sp³-hybridized carbons (Fsp3) is 0.333. The van der Waals surface area contributed by atoms with Crippen molar-refractivity contribution < 1.29 is 9.53 Å². The lowest BCUT2D eigenvalue weighted by Crippen LogP contribution is -2.28. The first-order chi connectivity index (χ1) is 13.5. The number of carbonyl (C=O) groups is 1. The van der Waals surface area contributed by atoms with Gasteiger partial charge in [-0.3, -0.25) is 4.98 Å². The van der Waals surface area contributed by atoms with Gasteiger partial charge in [-0.1, -0.05) is 19.1 Å². The highest BCUT2D eigenvalue weighted by Gasteiger charge is 2.13. The van der Waals surface area contributed by atoms with E-state index in [1.165, 1.54) is 5.56 Å². The quantitative estimate of drug-likeness (QED) is 0.473. The number of fused-ring (bicyclic) bond motifs is 1. The van der Waals surface area contributed by atoms with Crippen molar-refractivity contribution in [2.24, 2.45) is 0 Å². The Bertz CT molecular complexity index is 968. The van der Waals surface area contributed by atoms with Crippen LogP contribution in [0, 0.1) is 6.92 Å². The molecule has 1 atom stereocenters. The standard InChI is InChI=1S/C24H28N2O2/c1-5-19-8-11-23(17(2)15-19)28-24-12-13-25-22-10-9-20(16-21(22)24)26(4)18(3)7-6-14-27/h8-16,18H,5-7H2,1-4H3. The molecule has 0 saturated heterocycles. The van der Waals surface area contributed by atoms with E-state index in [2.05, 4.69) is 62.0 Å². The van der Waals surface area contributed by atoms with E-state index in [1.807, 2.05) is 18.2 Å². The molecule has 146 valence electrons. The minimum Gasteiger partial charge on any atom is -0.456 e. The Labute approximate surface area is 167 Å². The summed E-state index contributed by atoms with van der Waals surface area (Å²) in [5, 5.41) is 0.980. The molecule has 0 amide bonds. The first-order valence-electron chi connectivity index (χ1n) is 9.86. The molecular weight excluding hydrogens is 348 g/mol. The van der Waals surface area contributed by atoms with Gasteiger partial charge in [0.25, 0.3) is 0 Å². The lowest BCUT2D eigenvalue weighted by molar-refractivity contribution is -0.108. The third-order valence-electron chi connectivity index (χ3n) is 5.32. The number of aldehydes is 1. The maximum absolute atomic E-state index is 10.7. The van der Waals surface area contributed by atoms with Crippen LogP contribution in [0.3, 0.4) is 0 Å². The number of hydrogen-bond donors (Lipinski definition) is 0. The molecule has 1 heterocycles. The minimum atomic E-state index is 0.271. The van der Waals surface area contributed by atoms with E-state index in [4.69, 9.17) is 4.74 Å². The number of carbonyl (C=O) groups excluding carboxylic acids is 1. The fourth-order valence-corrected chi connectivity index (χ4v) is 3.34. The number of anilines is 1. The third-order valence-corrected chi connectivity index (χ3v) is 5.32. The van der Waals surface area contributed by atoms with Crippen molar-refractivity contribution in [3.63, 3.8) is 0 Å². The van der Waals surface area contributed by atoms with Crippen LogP contribution in [0.2, 0.25) is 0 Å². The monoisotopic (exact) mass is 376 g/mol. The molecule has 0 spiro atoms. The summed E-state index contributed by atoms with van der Waals surface area (Å²) in [5.41, 5.74) is 4.41. The van der Waals surface area contributed by atoms with Crippen LogP contribution in [0.25, 0.3) is 10.9 Å². The summed E-state index contributed by atoms with van der Waals surface area (Å²) in [6, 6.07) is 14.7. The average molecular weight is 377 g/mol. The lowest BCUT2D eigenvalue weighted by atomic mass is 10.1. The topological polar surface area (TPSA) is 42.4 Å². The van der Waals surface area contributed by atoms with E-state index in [0.29, 0.717) is 6.42 Å². The highest BCUT2D eigenvalue weighted by atomic mass is 16.5. The first kappa shape index (κ1) is 19.9. The van der Waals surface area contributed by atoms with Gasteiger partial charge in [-0.15, -0.1) is 0 Å². The summed E-state index contributed by atoms with van der Waals surface area (Å²) in [6.45, 7) is 6.36. The summed E-state index contributed by atoms with van der Waals surface area (Å²) >= 11 is 0. The molecule has 3 aromatic rings. The molecule has 0 fully saturated rings. The van der Waals surface area contributed by atoms with Crippen molar-refractivity contribution in [3.8, 4) is 11.5 Å². The van der Waals surface area contributed by atoms with Crippen LogP contribution < -0.4 is 9.64 Å². The van der Waals surface area contributed by atoms with E-state index >= 15 is 0 Å². The van der Waals surface area contributed by atoms with Gasteiger partial charge < -0.3 is 14.4 Å². The Hall–Kier alpha value is -2.88. The molecule has 28 heavy (non-hydrogen) atoms. The Morgan fingerprint density at radius 1 is 1.14 bits per heavy atom. The highest BCUT2D eigenvalue weighted by Crippen LogP contribution is 2.33. The second-order valence-corrected chi connectivity index (χ2v) is 7.27.